The van der Waals surface area contributed by atoms with E-state index in [9.17, 15) is 9.90 Å². The van der Waals surface area contributed by atoms with Gasteiger partial charge in [-0.3, -0.25) is 4.79 Å². The second-order valence-corrected chi connectivity index (χ2v) is 4.72. The molecule has 0 radical (unpaired) electrons. The van der Waals surface area contributed by atoms with Crippen molar-refractivity contribution in [3.8, 4) is 0 Å². The van der Waals surface area contributed by atoms with Crippen LogP contribution in [0.4, 0.5) is 0 Å². The Hall–Kier alpha value is -0.570. The molecule has 1 aliphatic carbocycles. The van der Waals surface area contributed by atoms with E-state index in [1.54, 1.807) is 0 Å². The predicted molar refractivity (Wildman–Crippen MR) is 55.8 cm³/mol. The van der Waals surface area contributed by atoms with Gasteiger partial charge in [0.2, 0.25) is 5.91 Å². The first kappa shape index (κ1) is 11.5. The number of nitrogens with one attached hydrogen (secondary N) is 1. The summed E-state index contributed by atoms with van der Waals surface area (Å²) in [6.07, 6.45) is 2.44. The maximum atomic E-state index is 11.4. The Labute approximate surface area is 85.9 Å². The highest BCUT2D eigenvalue weighted by atomic mass is 16.3. The van der Waals surface area contributed by atoms with Crippen molar-refractivity contribution in [2.75, 3.05) is 0 Å². The van der Waals surface area contributed by atoms with E-state index in [0.29, 0.717) is 5.92 Å². The van der Waals surface area contributed by atoms with E-state index in [2.05, 4.69) is 5.32 Å². The van der Waals surface area contributed by atoms with Crippen molar-refractivity contribution in [3.05, 3.63) is 0 Å². The molecule has 3 atom stereocenters. The van der Waals surface area contributed by atoms with Crippen LogP contribution in [-0.2, 0) is 4.79 Å². The lowest BCUT2D eigenvalue weighted by Gasteiger charge is -2.31. The highest BCUT2D eigenvalue weighted by Crippen LogP contribution is 2.24. The molecule has 0 aliphatic heterocycles. The van der Waals surface area contributed by atoms with Crippen LogP contribution in [0.1, 0.15) is 40.0 Å². The van der Waals surface area contributed by atoms with Crippen LogP contribution >= 0.6 is 0 Å². The van der Waals surface area contributed by atoms with Gasteiger partial charge in [0.1, 0.15) is 0 Å². The summed E-state index contributed by atoms with van der Waals surface area (Å²) in [6.45, 7) is 5.84. The molecule has 0 heterocycles. The Kier molecular flexibility index (Phi) is 3.93. The molecule has 0 aromatic carbocycles. The number of amides is 1. The van der Waals surface area contributed by atoms with Gasteiger partial charge in [-0.25, -0.2) is 0 Å². The molecule has 3 heteroatoms. The number of aliphatic hydroxyl groups excluding tert-OH is 1. The van der Waals surface area contributed by atoms with Gasteiger partial charge in [-0.15, -0.1) is 0 Å². The highest BCUT2D eigenvalue weighted by Gasteiger charge is 2.27. The van der Waals surface area contributed by atoms with Gasteiger partial charge < -0.3 is 10.4 Å². The molecular formula is C11H21NO2. The van der Waals surface area contributed by atoms with E-state index in [0.717, 1.165) is 19.3 Å². The monoisotopic (exact) mass is 199 g/mol. The van der Waals surface area contributed by atoms with Crippen molar-refractivity contribution >= 4 is 5.91 Å². The van der Waals surface area contributed by atoms with Gasteiger partial charge in [0.25, 0.3) is 0 Å². The van der Waals surface area contributed by atoms with Crippen LogP contribution in [0.3, 0.4) is 0 Å². The molecule has 1 amide bonds. The van der Waals surface area contributed by atoms with Gasteiger partial charge in [-0.1, -0.05) is 20.8 Å². The molecular weight excluding hydrogens is 178 g/mol. The summed E-state index contributed by atoms with van der Waals surface area (Å²) in [5.41, 5.74) is 0. The molecule has 2 N–H and O–H groups in total. The van der Waals surface area contributed by atoms with E-state index < -0.39 is 0 Å². The first-order valence-corrected chi connectivity index (χ1v) is 5.49. The van der Waals surface area contributed by atoms with E-state index in [1.165, 1.54) is 0 Å². The molecule has 2 unspecified atom stereocenters. The van der Waals surface area contributed by atoms with Crippen LogP contribution in [0.5, 0.6) is 0 Å². The third-order valence-electron chi connectivity index (χ3n) is 2.99. The maximum absolute atomic E-state index is 11.4. The predicted octanol–water partition coefficient (Wildman–Crippen LogP) is 1.31. The summed E-state index contributed by atoms with van der Waals surface area (Å²) in [4.78, 5) is 11.4. The number of carbonyl (C=O) groups is 1. The fourth-order valence-electron chi connectivity index (χ4n) is 1.88. The minimum atomic E-state index is -0.179. The largest absolute Gasteiger partial charge is 0.393 e. The number of rotatable bonds is 2. The zero-order chi connectivity index (χ0) is 10.7. The number of aliphatic hydroxyl groups is 1. The lowest BCUT2D eigenvalue weighted by atomic mass is 9.84. The molecule has 1 aliphatic rings. The van der Waals surface area contributed by atoms with Gasteiger partial charge in [-0.2, -0.15) is 0 Å². The molecule has 1 fully saturated rings. The Bertz CT molecular complexity index is 203. The van der Waals surface area contributed by atoms with Crippen LogP contribution in [0.25, 0.3) is 0 Å². The normalized spacial score (nSPS) is 33.1. The van der Waals surface area contributed by atoms with Crippen molar-refractivity contribution in [2.24, 2.45) is 11.8 Å². The molecule has 0 aromatic rings. The van der Waals surface area contributed by atoms with Gasteiger partial charge in [0.15, 0.2) is 0 Å². The van der Waals surface area contributed by atoms with E-state index in [1.807, 2.05) is 20.8 Å². The topological polar surface area (TPSA) is 49.3 Å². The minimum absolute atomic E-state index is 0.0529. The van der Waals surface area contributed by atoms with Crippen molar-refractivity contribution in [3.63, 3.8) is 0 Å². The smallest absolute Gasteiger partial charge is 0.222 e. The zero-order valence-corrected chi connectivity index (χ0v) is 9.29. The summed E-state index contributed by atoms with van der Waals surface area (Å²) in [5.74, 6) is 0.483. The minimum Gasteiger partial charge on any atom is -0.393 e. The summed E-state index contributed by atoms with van der Waals surface area (Å²) < 4.78 is 0. The second kappa shape index (κ2) is 4.78. The molecule has 1 rings (SSSR count). The Morgan fingerprint density at radius 2 is 2.07 bits per heavy atom. The quantitative estimate of drug-likeness (QED) is 0.704. The lowest BCUT2D eigenvalue weighted by molar-refractivity contribution is -0.125. The average Bonchev–Trinajstić information content (AvgIpc) is 2.11. The van der Waals surface area contributed by atoms with Gasteiger partial charge in [0.05, 0.1) is 6.10 Å². The number of hydrogen-bond donors (Lipinski definition) is 2. The molecule has 82 valence electrons. The molecule has 0 spiro atoms. The highest BCUT2D eigenvalue weighted by molar-refractivity contribution is 5.78. The summed E-state index contributed by atoms with van der Waals surface area (Å²) >= 11 is 0. The average molecular weight is 199 g/mol. The van der Waals surface area contributed by atoms with E-state index in [4.69, 9.17) is 0 Å². The van der Waals surface area contributed by atoms with Gasteiger partial charge in [-0.05, 0) is 25.2 Å². The molecule has 3 nitrogen and oxygen atoms in total. The summed E-state index contributed by atoms with van der Waals surface area (Å²) in [7, 11) is 0. The molecule has 0 aromatic heterocycles. The van der Waals surface area contributed by atoms with Gasteiger partial charge >= 0.3 is 0 Å². The van der Waals surface area contributed by atoms with E-state index >= 15 is 0 Å². The van der Waals surface area contributed by atoms with Crippen LogP contribution in [0.15, 0.2) is 0 Å². The van der Waals surface area contributed by atoms with Crippen LogP contribution < -0.4 is 5.32 Å². The second-order valence-electron chi connectivity index (χ2n) is 4.72. The first-order valence-electron chi connectivity index (χ1n) is 5.49. The Balaban J connectivity index is 2.37. The third kappa shape index (κ3) is 2.98. The standard InChI is InChI=1S/C11H21NO2/c1-7(2)11(14)12-9-4-5-10(13)8(3)6-9/h7-10,13H,4-6H2,1-3H3,(H,12,14)/t8?,9?,10-/m0/s1. The molecule has 0 bridgehead atoms. The zero-order valence-electron chi connectivity index (χ0n) is 9.29. The van der Waals surface area contributed by atoms with Crippen LogP contribution in [-0.4, -0.2) is 23.2 Å². The Morgan fingerprint density at radius 3 is 2.57 bits per heavy atom. The summed E-state index contributed by atoms with van der Waals surface area (Å²) in [5, 5.41) is 12.5. The van der Waals surface area contributed by atoms with Crippen molar-refractivity contribution < 1.29 is 9.90 Å². The SMILES string of the molecule is CC(C)C(=O)NC1CC[C@H](O)C(C)C1. The fourth-order valence-corrected chi connectivity index (χ4v) is 1.88. The first-order chi connectivity index (χ1) is 6.50. The van der Waals surface area contributed by atoms with E-state index in [-0.39, 0.29) is 24.0 Å². The van der Waals surface area contributed by atoms with Crippen molar-refractivity contribution in [1.29, 1.82) is 0 Å². The summed E-state index contributed by atoms with van der Waals surface area (Å²) in [6, 6.07) is 0.267. The van der Waals surface area contributed by atoms with Crippen LogP contribution in [0.2, 0.25) is 0 Å². The number of carbonyl (C=O) groups excluding carboxylic acids is 1. The van der Waals surface area contributed by atoms with Crippen molar-refractivity contribution in [2.45, 2.75) is 52.2 Å². The molecule has 1 saturated carbocycles. The Morgan fingerprint density at radius 1 is 1.43 bits per heavy atom. The van der Waals surface area contributed by atoms with Crippen molar-refractivity contribution in [1.82, 2.24) is 5.32 Å². The molecule has 0 saturated heterocycles. The fraction of sp³-hybridized carbons (Fsp3) is 0.909. The third-order valence-corrected chi connectivity index (χ3v) is 2.99. The van der Waals surface area contributed by atoms with Gasteiger partial charge in [0, 0.05) is 12.0 Å². The number of hydrogen-bond acceptors (Lipinski definition) is 2. The maximum Gasteiger partial charge on any atom is 0.222 e. The lowest BCUT2D eigenvalue weighted by Crippen LogP contribution is -2.43. The molecule has 14 heavy (non-hydrogen) atoms. The van der Waals surface area contributed by atoms with Crippen LogP contribution in [0, 0.1) is 11.8 Å².